The van der Waals surface area contributed by atoms with Gasteiger partial charge in [-0.15, -0.1) is 0 Å². The molecule has 162 valence electrons. The van der Waals surface area contributed by atoms with Crippen LogP contribution in [0.2, 0.25) is 0 Å². The van der Waals surface area contributed by atoms with Crippen molar-refractivity contribution in [3.63, 3.8) is 0 Å². The number of aryl methyl sites for hydroxylation is 1. The van der Waals surface area contributed by atoms with Gasteiger partial charge in [-0.1, -0.05) is 51.1 Å². The number of benzene rings is 3. The van der Waals surface area contributed by atoms with E-state index in [1.165, 1.54) is 5.56 Å². The van der Waals surface area contributed by atoms with Crippen molar-refractivity contribution in [3.8, 4) is 11.5 Å². The molecule has 4 heteroatoms. The lowest BCUT2D eigenvalue weighted by Crippen LogP contribution is -2.14. The second kappa shape index (κ2) is 9.69. The van der Waals surface area contributed by atoms with E-state index in [-0.39, 0.29) is 11.3 Å². The maximum absolute atomic E-state index is 12.8. The van der Waals surface area contributed by atoms with Crippen LogP contribution in [0.4, 0.5) is 5.69 Å². The second-order valence-electron chi connectivity index (χ2n) is 8.59. The molecule has 0 unspecified atom stereocenters. The van der Waals surface area contributed by atoms with Crippen molar-refractivity contribution < 1.29 is 14.3 Å². The van der Waals surface area contributed by atoms with Gasteiger partial charge in [-0.3, -0.25) is 4.79 Å². The number of para-hydroxylation sites is 1. The van der Waals surface area contributed by atoms with Crippen LogP contribution >= 0.6 is 0 Å². The molecule has 0 atom stereocenters. The lowest BCUT2D eigenvalue weighted by Gasteiger charge is -2.19. The van der Waals surface area contributed by atoms with E-state index in [4.69, 9.17) is 9.47 Å². The highest BCUT2D eigenvalue weighted by Crippen LogP contribution is 2.27. The molecular formula is C27H31NO3. The van der Waals surface area contributed by atoms with E-state index < -0.39 is 0 Å². The largest absolute Gasteiger partial charge is 0.493 e. The van der Waals surface area contributed by atoms with Crippen LogP contribution in [0.3, 0.4) is 0 Å². The van der Waals surface area contributed by atoms with Crippen molar-refractivity contribution >= 4 is 11.6 Å². The van der Waals surface area contributed by atoms with Crippen LogP contribution in [-0.4, -0.2) is 12.5 Å². The third-order valence-corrected chi connectivity index (χ3v) is 5.13. The van der Waals surface area contributed by atoms with Gasteiger partial charge in [-0.25, -0.2) is 0 Å². The smallest absolute Gasteiger partial charge is 0.255 e. The molecule has 0 aliphatic heterocycles. The summed E-state index contributed by atoms with van der Waals surface area (Å²) >= 11 is 0. The molecule has 0 fully saturated rings. The molecule has 3 aromatic carbocycles. The zero-order valence-electron chi connectivity index (χ0n) is 19.0. The Kier molecular flexibility index (Phi) is 7.01. The molecule has 0 radical (unpaired) electrons. The predicted molar refractivity (Wildman–Crippen MR) is 126 cm³/mol. The lowest BCUT2D eigenvalue weighted by molar-refractivity contribution is 0.102. The first-order valence-corrected chi connectivity index (χ1v) is 10.6. The van der Waals surface area contributed by atoms with Gasteiger partial charge in [0.2, 0.25) is 0 Å². The summed E-state index contributed by atoms with van der Waals surface area (Å²) < 4.78 is 11.8. The molecule has 0 saturated heterocycles. The van der Waals surface area contributed by atoms with E-state index in [9.17, 15) is 4.79 Å². The average Bonchev–Trinajstić information content (AvgIpc) is 2.74. The Morgan fingerprint density at radius 2 is 1.65 bits per heavy atom. The summed E-state index contributed by atoms with van der Waals surface area (Å²) in [5.74, 6) is 1.35. The molecule has 0 bridgehead atoms. The van der Waals surface area contributed by atoms with Crippen LogP contribution in [0.5, 0.6) is 11.5 Å². The van der Waals surface area contributed by atoms with Gasteiger partial charge in [-0.05, 0) is 66.8 Å². The van der Waals surface area contributed by atoms with E-state index in [2.05, 4.69) is 38.2 Å². The molecular weight excluding hydrogens is 386 g/mol. The Bertz CT molecular complexity index is 1030. The zero-order valence-corrected chi connectivity index (χ0v) is 19.0. The molecule has 0 aromatic heterocycles. The molecule has 0 spiro atoms. The number of hydrogen-bond donors (Lipinski definition) is 1. The van der Waals surface area contributed by atoms with E-state index in [0.29, 0.717) is 18.8 Å². The fourth-order valence-electron chi connectivity index (χ4n) is 3.25. The van der Waals surface area contributed by atoms with Crippen molar-refractivity contribution in [1.82, 2.24) is 0 Å². The van der Waals surface area contributed by atoms with Gasteiger partial charge in [0, 0.05) is 16.8 Å². The first kappa shape index (κ1) is 22.4. The predicted octanol–water partition coefficient (Wildman–Crippen LogP) is 6.52. The first-order valence-electron chi connectivity index (χ1n) is 10.6. The summed E-state index contributed by atoms with van der Waals surface area (Å²) in [6, 6.07) is 21.3. The Morgan fingerprint density at radius 1 is 0.935 bits per heavy atom. The van der Waals surface area contributed by atoms with E-state index in [1.807, 2.05) is 62.4 Å². The highest BCUT2D eigenvalue weighted by Gasteiger charge is 2.14. The fourth-order valence-corrected chi connectivity index (χ4v) is 3.25. The molecule has 0 heterocycles. The summed E-state index contributed by atoms with van der Waals surface area (Å²) in [6.07, 6.45) is 0. The summed E-state index contributed by atoms with van der Waals surface area (Å²) in [5.41, 5.74) is 4.57. The third-order valence-electron chi connectivity index (χ3n) is 5.13. The maximum Gasteiger partial charge on any atom is 0.255 e. The van der Waals surface area contributed by atoms with E-state index in [1.54, 1.807) is 6.07 Å². The van der Waals surface area contributed by atoms with Crippen LogP contribution in [0, 0.1) is 6.92 Å². The Labute approximate surface area is 185 Å². The number of rotatable bonds is 7. The number of nitrogens with one attached hydrogen (secondary N) is 1. The minimum absolute atomic E-state index is 0.0967. The molecule has 3 rings (SSSR count). The van der Waals surface area contributed by atoms with Crippen LogP contribution < -0.4 is 14.8 Å². The number of ether oxygens (including phenoxy) is 2. The molecule has 0 aliphatic rings. The topological polar surface area (TPSA) is 47.6 Å². The SMILES string of the molecule is CCOc1ccc(C(=O)Nc2ccccc2C)cc1COc1ccc(C(C)(C)C)cc1. The highest BCUT2D eigenvalue weighted by atomic mass is 16.5. The average molecular weight is 418 g/mol. The van der Waals surface area contributed by atoms with Crippen molar-refractivity contribution in [3.05, 3.63) is 89.0 Å². The van der Waals surface area contributed by atoms with Gasteiger partial charge >= 0.3 is 0 Å². The molecule has 3 aromatic rings. The molecule has 4 nitrogen and oxygen atoms in total. The number of carbonyl (C=O) groups excluding carboxylic acids is 1. The summed E-state index contributed by atoms with van der Waals surface area (Å²) in [6.45, 7) is 11.3. The van der Waals surface area contributed by atoms with Gasteiger partial charge < -0.3 is 14.8 Å². The van der Waals surface area contributed by atoms with Crippen LogP contribution in [0.25, 0.3) is 0 Å². The standard InChI is InChI=1S/C27H31NO3/c1-6-30-25-16-11-20(26(29)28-24-10-8-7-9-19(24)2)17-21(25)18-31-23-14-12-22(13-15-23)27(3,4)5/h7-17H,6,18H2,1-5H3,(H,28,29). The summed E-state index contributed by atoms with van der Waals surface area (Å²) in [4.78, 5) is 12.8. The van der Waals surface area contributed by atoms with E-state index >= 15 is 0 Å². The molecule has 1 amide bonds. The van der Waals surface area contributed by atoms with Gasteiger partial charge in [0.1, 0.15) is 18.1 Å². The second-order valence-corrected chi connectivity index (χ2v) is 8.59. The third kappa shape index (κ3) is 5.88. The quantitative estimate of drug-likeness (QED) is 0.476. The molecule has 1 N–H and O–H groups in total. The summed E-state index contributed by atoms with van der Waals surface area (Å²) in [5, 5.41) is 2.98. The van der Waals surface area contributed by atoms with Crippen molar-refractivity contribution in [2.24, 2.45) is 0 Å². The zero-order chi connectivity index (χ0) is 22.4. The summed E-state index contributed by atoms with van der Waals surface area (Å²) in [7, 11) is 0. The highest BCUT2D eigenvalue weighted by molar-refractivity contribution is 6.04. The van der Waals surface area contributed by atoms with Crippen molar-refractivity contribution in [1.29, 1.82) is 0 Å². The van der Waals surface area contributed by atoms with Gasteiger partial charge in [0.05, 0.1) is 6.61 Å². The maximum atomic E-state index is 12.8. The Morgan fingerprint density at radius 3 is 2.29 bits per heavy atom. The Balaban J connectivity index is 1.77. The normalized spacial score (nSPS) is 11.1. The van der Waals surface area contributed by atoms with Crippen molar-refractivity contribution in [2.45, 2.75) is 46.6 Å². The number of carbonyl (C=O) groups is 1. The van der Waals surface area contributed by atoms with Crippen molar-refractivity contribution in [2.75, 3.05) is 11.9 Å². The Hall–Kier alpha value is -3.27. The monoisotopic (exact) mass is 417 g/mol. The van der Waals surface area contributed by atoms with Crippen LogP contribution in [0.15, 0.2) is 66.7 Å². The van der Waals surface area contributed by atoms with E-state index in [0.717, 1.165) is 28.3 Å². The molecule has 31 heavy (non-hydrogen) atoms. The van der Waals surface area contributed by atoms with Crippen LogP contribution in [-0.2, 0) is 12.0 Å². The number of hydrogen-bond acceptors (Lipinski definition) is 3. The molecule has 0 aliphatic carbocycles. The van der Waals surface area contributed by atoms with Gasteiger partial charge in [0.25, 0.3) is 5.91 Å². The lowest BCUT2D eigenvalue weighted by atomic mass is 9.87. The fraction of sp³-hybridized carbons (Fsp3) is 0.296. The molecule has 0 saturated carbocycles. The van der Waals surface area contributed by atoms with Gasteiger partial charge in [0.15, 0.2) is 0 Å². The number of anilines is 1. The minimum Gasteiger partial charge on any atom is -0.493 e. The number of amides is 1. The van der Waals surface area contributed by atoms with Gasteiger partial charge in [-0.2, -0.15) is 0 Å². The van der Waals surface area contributed by atoms with Crippen LogP contribution in [0.1, 0.15) is 54.7 Å². The minimum atomic E-state index is -0.159. The first-order chi connectivity index (χ1) is 14.8.